The third kappa shape index (κ3) is 2.36. The monoisotopic (exact) mass is 347 g/mol. The quantitative estimate of drug-likeness (QED) is 0.601. The summed E-state index contributed by atoms with van der Waals surface area (Å²) in [4.78, 5) is 23.8. The summed E-state index contributed by atoms with van der Waals surface area (Å²) in [6.07, 6.45) is 3.30. The van der Waals surface area contributed by atoms with Gasteiger partial charge in [-0.15, -0.1) is 0 Å². The lowest BCUT2D eigenvalue weighted by atomic mass is 10.1. The number of nitrogens with zero attached hydrogens (tertiary/aromatic N) is 4. The summed E-state index contributed by atoms with van der Waals surface area (Å²) in [7, 11) is 0. The van der Waals surface area contributed by atoms with Crippen LogP contribution in [0.4, 0.5) is 5.69 Å². The highest BCUT2D eigenvalue weighted by molar-refractivity contribution is 6.04. The van der Waals surface area contributed by atoms with Gasteiger partial charge in [-0.05, 0) is 30.3 Å². The molecule has 3 aromatic heterocycles. The van der Waals surface area contributed by atoms with Crippen molar-refractivity contribution in [2.45, 2.75) is 0 Å². The molecule has 0 atom stereocenters. The van der Waals surface area contributed by atoms with Crippen molar-refractivity contribution in [3.63, 3.8) is 0 Å². The van der Waals surface area contributed by atoms with Crippen LogP contribution in [0.3, 0.4) is 0 Å². The third-order valence-electron chi connectivity index (χ3n) is 4.76. The first-order valence-corrected chi connectivity index (χ1v) is 8.59. The Hall–Kier alpha value is -3.19. The second-order valence-corrected chi connectivity index (χ2v) is 6.29. The van der Waals surface area contributed by atoms with Gasteiger partial charge in [0.15, 0.2) is 5.82 Å². The van der Waals surface area contributed by atoms with E-state index in [0.717, 1.165) is 48.4 Å². The van der Waals surface area contributed by atoms with E-state index in [1.54, 1.807) is 18.5 Å². The normalized spacial score (nSPS) is 15.0. The highest BCUT2D eigenvalue weighted by Gasteiger charge is 2.15. The molecule has 26 heavy (non-hydrogen) atoms. The van der Waals surface area contributed by atoms with Gasteiger partial charge in [-0.2, -0.15) is 0 Å². The Bertz CT molecular complexity index is 1140. The SMILES string of the molecule is O=c1c2cnc3ccc(N4CCOCC4)cc3c2[nH]n1-c1ccccn1. The van der Waals surface area contributed by atoms with E-state index in [2.05, 4.69) is 32.1 Å². The van der Waals surface area contributed by atoms with Crippen molar-refractivity contribution in [3.05, 3.63) is 59.1 Å². The number of aromatic nitrogens is 4. The number of fused-ring (bicyclic) bond motifs is 3. The van der Waals surface area contributed by atoms with Crippen LogP contribution >= 0.6 is 0 Å². The molecule has 0 unspecified atom stereocenters. The summed E-state index contributed by atoms with van der Waals surface area (Å²) >= 11 is 0. The van der Waals surface area contributed by atoms with Crippen LogP contribution in [0, 0.1) is 0 Å². The smallest absolute Gasteiger partial charge is 0.282 e. The van der Waals surface area contributed by atoms with Gasteiger partial charge in [-0.25, -0.2) is 9.67 Å². The van der Waals surface area contributed by atoms with E-state index in [1.165, 1.54) is 4.68 Å². The summed E-state index contributed by atoms with van der Waals surface area (Å²) in [5.41, 5.74) is 2.59. The molecule has 5 rings (SSSR count). The van der Waals surface area contributed by atoms with Crippen LogP contribution in [0.2, 0.25) is 0 Å². The fourth-order valence-corrected chi connectivity index (χ4v) is 3.41. The van der Waals surface area contributed by atoms with Crippen LogP contribution in [0.1, 0.15) is 0 Å². The maximum Gasteiger partial charge on any atom is 0.282 e. The number of morpholine rings is 1. The number of hydrogen-bond donors (Lipinski definition) is 1. The Labute approximate surface area is 148 Å². The van der Waals surface area contributed by atoms with Gasteiger partial charge in [0.05, 0.1) is 29.6 Å². The molecular formula is C19H17N5O2. The van der Waals surface area contributed by atoms with E-state index < -0.39 is 0 Å². The average molecular weight is 347 g/mol. The summed E-state index contributed by atoms with van der Waals surface area (Å²) in [5.74, 6) is 0.561. The number of nitrogens with one attached hydrogen (secondary N) is 1. The molecular weight excluding hydrogens is 330 g/mol. The largest absolute Gasteiger partial charge is 0.378 e. The Morgan fingerprint density at radius 2 is 1.92 bits per heavy atom. The molecule has 0 saturated carbocycles. The molecule has 7 heteroatoms. The first-order valence-electron chi connectivity index (χ1n) is 8.59. The zero-order valence-corrected chi connectivity index (χ0v) is 14.1. The minimum atomic E-state index is -0.148. The van der Waals surface area contributed by atoms with Gasteiger partial charge >= 0.3 is 0 Å². The molecule has 1 aliphatic heterocycles. The number of rotatable bonds is 2. The number of aromatic amines is 1. The summed E-state index contributed by atoms with van der Waals surface area (Å²) in [5, 5.41) is 4.70. The summed E-state index contributed by atoms with van der Waals surface area (Å²) in [6.45, 7) is 3.18. The Morgan fingerprint density at radius 1 is 1.04 bits per heavy atom. The van der Waals surface area contributed by atoms with Crippen LogP contribution in [-0.2, 0) is 4.74 Å². The molecule has 1 saturated heterocycles. The highest BCUT2D eigenvalue weighted by Crippen LogP contribution is 2.26. The van der Waals surface area contributed by atoms with Gasteiger partial charge in [0.25, 0.3) is 5.56 Å². The molecule has 4 heterocycles. The molecule has 4 aromatic rings. The van der Waals surface area contributed by atoms with Gasteiger partial charge in [0.1, 0.15) is 0 Å². The van der Waals surface area contributed by atoms with Crippen molar-refractivity contribution in [2.24, 2.45) is 0 Å². The Morgan fingerprint density at radius 3 is 2.73 bits per heavy atom. The number of pyridine rings is 2. The number of hydrogen-bond acceptors (Lipinski definition) is 5. The molecule has 7 nitrogen and oxygen atoms in total. The highest BCUT2D eigenvalue weighted by atomic mass is 16.5. The zero-order valence-electron chi connectivity index (χ0n) is 14.1. The molecule has 1 fully saturated rings. The van der Waals surface area contributed by atoms with Gasteiger partial charge in [-0.1, -0.05) is 6.07 Å². The predicted octanol–water partition coefficient (Wildman–Crippen LogP) is 2.10. The Kier molecular flexibility index (Phi) is 3.46. The van der Waals surface area contributed by atoms with Crippen LogP contribution < -0.4 is 10.5 Å². The van der Waals surface area contributed by atoms with E-state index in [9.17, 15) is 4.79 Å². The molecule has 0 radical (unpaired) electrons. The predicted molar refractivity (Wildman–Crippen MR) is 100 cm³/mol. The lowest BCUT2D eigenvalue weighted by Gasteiger charge is -2.29. The second-order valence-electron chi connectivity index (χ2n) is 6.29. The van der Waals surface area contributed by atoms with Crippen molar-refractivity contribution in [2.75, 3.05) is 31.2 Å². The van der Waals surface area contributed by atoms with Gasteiger partial charge < -0.3 is 9.64 Å². The van der Waals surface area contributed by atoms with Crippen LogP contribution in [0.5, 0.6) is 0 Å². The van der Waals surface area contributed by atoms with Crippen LogP contribution in [0.25, 0.3) is 27.6 Å². The van der Waals surface area contributed by atoms with E-state index in [1.807, 2.05) is 18.2 Å². The molecule has 1 aromatic carbocycles. The van der Waals surface area contributed by atoms with Gasteiger partial charge in [0, 0.05) is 36.6 Å². The third-order valence-corrected chi connectivity index (χ3v) is 4.76. The minimum Gasteiger partial charge on any atom is -0.378 e. The van der Waals surface area contributed by atoms with Crippen molar-refractivity contribution < 1.29 is 4.74 Å². The zero-order chi connectivity index (χ0) is 17.5. The Balaban J connectivity index is 1.72. The van der Waals surface area contributed by atoms with Gasteiger partial charge in [0.2, 0.25) is 0 Å². The maximum atomic E-state index is 12.8. The fraction of sp³-hybridized carbons (Fsp3) is 0.211. The molecule has 1 aliphatic rings. The number of H-pyrrole nitrogens is 1. The number of benzene rings is 1. The lowest BCUT2D eigenvalue weighted by Crippen LogP contribution is -2.36. The standard InChI is InChI=1S/C19H17N5O2/c25-19-15-12-21-16-5-4-13(23-7-9-26-10-8-23)11-14(16)18(15)22-24(19)17-3-1-2-6-20-17/h1-6,11-12,22H,7-10H2. The van der Waals surface area contributed by atoms with Crippen molar-refractivity contribution in [1.29, 1.82) is 0 Å². The molecule has 0 amide bonds. The van der Waals surface area contributed by atoms with Crippen LogP contribution in [0.15, 0.2) is 53.6 Å². The average Bonchev–Trinajstić information content (AvgIpc) is 3.06. The lowest BCUT2D eigenvalue weighted by molar-refractivity contribution is 0.122. The number of anilines is 1. The van der Waals surface area contributed by atoms with Crippen molar-refractivity contribution in [3.8, 4) is 5.82 Å². The topological polar surface area (TPSA) is 76.0 Å². The summed E-state index contributed by atoms with van der Waals surface area (Å²) < 4.78 is 6.90. The first kappa shape index (κ1) is 15.1. The van der Waals surface area contributed by atoms with Crippen molar-refractivity contribution in [1.82, 2.24) is 19.7 Å². The fourth-order valence-electron chi connectivity index (χ4n) is 3.41. The van der Waals surface area contributed by atoms with Gasteiger partial charge in [-0.3, -0.25) is 14.9 Å². The maximum absolute atomic E-state index is 12.8. The second kappa shape index (κ2) is 5.96. The molecule has 0 aliphatic carbocycles. The van der Waals surface area contributed by atoms with Crippen LogP contribution in [-0.4, -0.2) is 46.1 Å². The van der Waals surface area contributed by atoms with E-state index >= 15 is 0 Å². The first-order chi connectivity index (χ1) is 12.8. The van der Waals surface area contributed by atoms with E-state index in [-0.39, 0.29) is 5.56 Å². The number of ether oxygens (including phenoxy) is 1. The molecule has 0 bridgehead atoms. The minimum absolute atomic E-state index is 0.148. The van der Waals surface area contributed by atoms with E-state index in [0.29, 0.717) is 11.2 Å². The molecule has 0 spiro atoms. The molecule has 1 N–H and O–H groups in total. The van der Waals surface area contributed by atoms with Crippen molar-refractivity contribution >= 4 is 27.5 Å². The van der Waals surface area contributed by atoms with E-state index in [4.69, 9.17) is 4.74 Å². The summed E-state index contributed by atoms with van der Waals surface area (Å²) in [6, 6.07) is 11.6. The molecule has 130 valence electrons.